The maximum absolute atomic E-state index is 12.4. The number of rotatable bonds is 6. The van der Waals surface area contributed by atoms with Gasteiger partial charge >= 0.3 is 6.18 Å². The Labute approximate surface area is 127 Å². The van der Waals surface area contributed by atoms with Gasteiger partial charge in [-0.15, -0.1) is 0 Å². The third kappa shape index (κ3) is 6.44. The normalized spacial score (nSPS) is 12.5. The molecule has 0 atom stereocenters. The fourth-order valence-electron chi connectivity index (χ4n) is 1.97. The molecule has 2 N–H and O–H groups in total. The van der Waals surface area contributed by atoms with E-state index in [1.165, 1.54) is 12.1 Å². The molecule has 0 aliphatic rings. The van der Waals surface area contributed by atoms with Crippen LogP contribution in [0.1, 0.15) is 26.3 Å². The molecule has 0 saturated carbocycles. The van der Waals surface area contributed by atoms with Crippen LogP contribution in [0, 0.1) is 0 Å². The van der Waals surface area contributed by atoms with Crippen LogP contribution in [0.4, 0.5) is 18.9 Å². The molecule has 0 saturated heterocycles. The van der Waals surface area contributed by atoms with Crippen molar-refractivity contribution < 1.29 is 23.1 Å². The highest BCUT2D eigenvalue weighted by Crippen LogP contribution is 2.29. The lowest BCUT2D eigenvalue weighted by Crippen LogP contribution is -2.42. The average molecular weight is 318 g/mol. The summed E-state index contributed by atoms with van der Waals surface area (Å²) in [6.45, 7) is 6.10. The summed E-state index contributed by atoms with van der Waals surface area (Å²) in [5.74, 6) is -0.342. The Morgan fingerprint density at radius 2 is 1.77 bits per heavy atom. The molecule has 22 heavy (non-hydrogen) atoms. The first kappa shape index (κ1) is 18.4. The molecule has 0 aliphatic carbocycles. The maximum Gasteiger partial charge on any atom is 0.416 e. The molecular formula is C15H21F3N2O2. The molecule has 124 valence electrons. The Morgan fingerprint density at radius 3 is 2.18 bits per heavy atom. The van der Waals surface area contributed by atoms with E-state index in [1.807, 2.05) is 6.92 Å². The van der Waals surface area contributed by atoms with Gasteiger partial charge in [0.15, 0.2) is 0 Å². The van der Waals surface area contributed by atoms with Gasteiger partial charge < -0.3 is 10.4 Å². The van der Waals surface area contributed by atoms with Crippen molar-refractivity contribution in [1.29, 1.82) is 0 Å². The predicted molar refractivity (Wildman–Crippen MR) is 78.5 cm³/mol. The number of halogens is 3. The highest BCUT2D eigenvalue weighted by atomic mass is 19.4. The fourth-order valence-corrected chi connectivity index (χ4v) is 1.97. The number of anilines is 1. The van der Waals surface area contributed by atoms with Crippen molar-refractivity contribution in [3.63, 3.8) is 0 Å². The highest BCUT2D eigenvalue weighted by molar-refractivity contribution is 5.92. The minimum atomic E-state index is -4.39. The number of nitrogens with zero attached hydrogens (tertiary/aromatic N) is 1. The molecule has 1 aromatic carbocycles. The smallest absolute Gasteiger partial charge is 0.389 e. The van der Waals surface area contributed by atoms with Gasteiger partial charge in [0.25, 0.3) is 0 Å². The monoisotopic (exact) mass is 318 g/mol. The van der Waals surface area contributed by atoms with E-state index < -0.39 is 17.3 Å². The molecule has 0 spiro atoms. The zero-order valence-electron chi connectivity index (χ0n) is 12.9. The second-order valence-corrected chi connectivity index (χ2v) is 5.74. The number of amides is 1. The standard InChI is InChI=1S/C15H21F3N2O2/c1-4-20(10-14(2,3)22)9-13(21)19-12-7-5-11(6-8-12)15(16,17)18/h5-8,22H,4,9-10H2,1-3H3,(H,19,21). The highest BCUT2D eigenvalue weighted by Gasteiger charge is 2.30. The van der Waals surface area contributed by atoms with E-state index in [4.69, 9.17) is 0 Å². The van der Waals surface area contributed by atoms with E-state index in [2.05, 4.69) is 5.32 Å². The number of aliphatic hydroxyl groups is 1. The van der Waals surface area contributed by atoms with Gasteiger partial charge in [-0.05, 0) is 44.7 Å². The van der Waals surface area contributed by atoms with Gasteiger partial charge in [0.2, 0.25) is 5.91 Å². The van der Waals surface area contributed by atoms with Crippen molar-refractivity contribution in [2.24, 2.45) is 0 Å². The second kappa shape index (κ2) is 7.11. The minimum Gasteiger partial charge on any atom is -0.389 e. The minimum absolute atomic E-state index is 0.0571. The first-order chi connectivity index (χ1) is 10.0. The van der Waals surface area contributed by atoms with Crippen molar-refractivity contribution in [2.45, 2.75) is 32.5 Å². The molecule has 0 aliphatic heterocycles. The van der Waals surface area contributed by atoms with Gasteiger partial charge in [0.05, 0.1) is 17.7 Å². The van der Waals surface area contributed by atoms with Crippen LogP contribution < -0.4 is 5.32 Å². The van der Waals surface area contributed by atoms with Gasteiger partial charge in [-0.3, -0.25) is 9.69 Å². The Kier molecular flexibility index (Phi) is 5.96. The number of carbonyl (C=O) groups excluding carboxylic acids is 1. The Bertz CT molecular complexity index is 493. The zero-order valence-corrected chi connectivity index (χ0v) is 12.9. The number of benzene rings is 1. The molecule has 1 aromatic rings. The van der Waals surface area contributed by atoms with Crippen molar-refractivity contribution >= 4 is 11.6 Å². The van der Waals surface area contributed by atoms with E-state index in [0.29, 0.717) is 18.8 Å². The first-order valence-electron chi connectivity index (χ1n) is 6.93. The fraction of sp³-hybridized carbons (Fsp3) is 0.533. The van der Waals surface area contributed by atoms with E-state index in [-0.39, 0.29) is 12.5 Å². The number of carbonyl (C=O) groups is 1. The molecule has 0 fully saturated rings. The van der Waals surface area contributed by atoms with Gasteiger partial charge in [-0.2, -0.15) is 13.2 Å². The summed E-state index contributed by atoms with van der Waals surface area (Å²) in [5, 5.41) is 12.3. The van der Waals surface area contributed by atoms with Gasteiger partial charge in [-0.1, -0.05) is 6.92 Å². The quantitative estimate of drug-likeness (QED) is 0.848. The zero-order chi connectivity index (χ0) is 17.0. The predicted octanol–water partition coefficient (Wildman–Crippen LogP) is 2.74. The number of hydrogen-bond donors (Lipinski definition) is 2. The summed E-state index contributed by atoms with van der Waals surface area (Å²) in [6.07, 6.45) is -4.39. The number of nitrogens with one attached hydrogen (secondary N) is 1. The van der Waals surface area contributed by atoms with Gasteiger partial charge in [-0.25, -0.2) is 0 Å². The third-order valence-electron chi connectivity index (χ3n) is 2.92. The largest absolute Gasteiger partial charge is 0.416 e. The molecule has 1 amide bonds. The van der Waals surface area contributed by atoms with E-state index in [9.17, 15) is 23.1 Å². The van der Waals surface area contributed by atoms with Crippen LogP contribution >= 0.6 is 0 Å². The van der Waals surface area contributed by atoms with Crippen LogP contribution in [0.15, 0.2) is 24.3 Å². The summed E-state index contributed by atoms with van der Waals surface area (Å²) in [4.78, 5) is 13.6. The SMILES string of the molecule is CCN(CC(=O)Nc1ccc(C(F)(F)F)cc1)CC(C)(C)O. The number of hydrogen-bond acceptors (Lipinski definition) is 3. The van der Waals surface area contributed by atoms with Gasteiger partial charge in [0, 0.05) is 12.2 Å². The van der Waals surface area contributed by atoms with Gasteiger partial charge in [0.1, 0.15) is 0 Å². The molecule has 1 rings (SSSR count). The molecule has 0 bridgehead atoms. The lowest BCUT2D eigenvalue weighted by Gasteiger charge is -2.27. The van der Waals surface area contributed by atoms with Crippen molar-refractivity contribution in [3.8, 4) is 0 Å². The molecule has 0 unspecified atom stereocenters. The van der Waals surface area contributed by atoms with E-state index >= 15 is 0 Å². The molecule has 0 heterocycles. The summed E-state index contributed by atoms with van der Waals surface area (Å²) >= 11 is 0. The molecular weight excluding hydrogens is 297 g/mol. The Balaban J connectivity index is 2.61. The van der Waals surface area contributed by atoms with Crippen LogP contribution in [0.3, 0.4) is 0 Å². The van der Waals surface area contributed by atoms with Crippen LogP contribution in [0.25, 0.3) is 0 Å². The molecule has 7 heteroatoms. The van der Waals surface area contributed by atoms with Crippen LogP contribution in [-0.4, -0.2) is 41.1 Å². The lowest BCUT2D eigenvalue weighted by atomic mass is 10.1. The molecule has 0 aromatic heterocycles. The first-order valence-corrected chi connectivity index (χ1v) is 6.93. The lowest BCUT2D eigenvalue weighted by molar-refractivity contribution is -0.137. The van der Waals surface area contributed by atoms with Crippen molar-refractivity contribution in [3.05, 3.63) is 29.8 Å². The number of alkyl halides is 3. The average Bonchev–Trinajstić information content (AvgIpc) is 2.35. The maximum atomic E-state index is 12.4. The Morgan fingerprint density at radius 1 is 1.23 bits per heavy atom. The van der Waals surface area contributed by atoms with Crippen molar-refractivity contribution in [2.75, 3.05) is 25.0 Å². The van der Waals surface area contributed by atoms with Crippen LogP contribution in [-0.2, 0) is 11.0 Å². The Hall–Kier alpha value is -1.60. The summed E-state index contributed by atoms with van der Waals surface area (Å²) in [6, 6.07) is 4.27. The summed E-state index contributed by atoms with van der Waals surface area (Å²) in [5.41, 5.74) is -1.38. The van der Waals surface area contributed by atoms with Crippen LogP contribution in [0.2, 0.25) is 0 Å². The summed E-state index contributed by atoms with van der Waals surface area (Å²) < 4.78 is 37.3. The molecule has 4 nitrogen and oxygen atoms in total. The number of likely N-dealkylation sites (N-methyl/N-ethyl adjacent to an activating group) is 1. The topological polar surface area (TPSA) is 52.6 Å². The third-order valence-corrected chi connectivity index (χ3v) is 2.92. The van der Waals surface area contributed by atoms with Crippen molar-refractivity contribution in [1.82, 2.24) is 4.90 Å². The van der Waals surface area contributed by atoms with E-state index in [0.717, 1.165) is 12.1 Å². The molecule has 0 radical (unpaired) electrons. The second-order valence-electron chi connectivity index (χ2n) is 5.74. The van der Waals surface area contributed by atoms with Crippen LogP contribution in [0.5, 0.6) is 0 Å². The van der Waals surface area contributed by atoms with E-state index in [1.54, 1.807) is 18.7 Å². The summed E-state index contributed by atoms with van der Waals surface area (Å²) in [7, 11) is 0.